The largest absolute Gasteiger partial charge is 0.310 e. The average molecular weight is 398 g/mol. The maximum Gasteiger partial charge on any atom is 0.0423 e. The maximum atomic E-state index is 4.47. The van der Waals surface area contributed by atoms with Gasteiger partial charge in [-0.2, -0.15) is 0 Å². The third-order valence-corrected chi connectivity index (χ3v) is 4.57. The van der Waals surface area contributed by atoms with Gasteiger partial charge in [0.05, 0.1) is 0 Å². The molecule has 1 N–H and O–H groups in total. The normalized spacial score (nSPS) is 12.4. The molecule has 20 heavy (non-hydrogen) atoms. The molecule has 1 unspecified atom stereocenters. The number of aromatic nitrogens is 1. The van der Waals surface area contributed by atoms with Crippen LogP contribution < -0.4 is 5.32 Å². The fraction of sp³-hybridized carbons (Fsp3) is 0.312. The summed E-state index contributed by atoms with van der Waals surface area (Å²) in [4.78, 5) is 4.47. The van der Waals surface area contributed by atoms with Crippen LogP contribution in [0.4, 0.5) is 0 Å². The molecule has 1 aromatic carbocycles. The third kappa shape index (κ3) is 4.14. The van der Waals surface area contributed by atoms with Crippen molar-refractivity contribution in [2.24, 2.45) is 0 Å². The molecular formula is C16H18Br2N2. The van der Waals surface area contributed by atoms with Gasteiger partial charge < -0.3 is 5.32 Å². The summed E-state index contributed by atoms with van der Waals surface area (Å²) in [7, 11) is 0. The zero-order chi connectivity index (χ0) is 14.5. The third-order valence-electron chi connectivity index (χ3n) is 3.25. The van der Waals surface area contributed by atoms with Crippen molar-refractivity contribution >= 4 is 31.9 Å². The van der Waals surface area contributed by atoms with Crippen molar-refractivity contribution in [3.05, 3.63) is 62.3 Å². The van der Waals surface area contributed by atoms with Crippen LogP contribution in [0.25, 0.3) is 0 Å². The molecule has 2 aromatic rings. The standard InChI is InChI=1S/C16H18Br2N2/c1-3-19-16(9-14-7-6-13(17)10-20-14)12-5-4-11(2)15(18)8-12/h4-8,10,16,19H,3,9H2,1-2H3. The van der Waals surface area contributed by atoms with Crippen molar-refractivity contribution in [1.82, 2.24) is 10.3 Å². The Kier molecular flexibility index (Phi) is 5.75. The lowest BCUT2D eigenvalue weighted by Crippen LogP contribution is -2.23. The van der Waals surface area contributed by atoms with Crippen LogP contribution in [0, 0.1) is 6.92 Å². The van der Waals surface area contributed by atoms with Crippen LogP contribution in [0.3, 0.4) is 0 Å². The van der Waals surface area contributed by atoms with Gasteiger partial charge in [0.2, 0.25) is 0 Å². The molecule has 0 saturated heterocycles. The first-order valence-corrected chi connectivity index (χ1v) is 8.28. The van der Waals surface area contributed by atoms with Crippen LogP contribution in [0.5, 0.6) is 0 Å². The van der Waals surface area contributed by atoms with E-state index in [1.165, 1.54) is 11.1 Å². The minimum Gasteiger partial charge on any atom is -0.310 e. The highest BCUT2D eigenvalue weighted by molar-refractivity contribution is 9.10. The Morgan fingerprint density at radius 3 is 2.60 bits per heavy atom. The molecule has 2 rings (SSSR count). The smallest absolute Gasteiger partial charge is 0.0423 e. The topological polar surface area (TPSA) is 24.9 Å². The molecule has 0 bridgehead atoms. The maximum absolute atomic E-state index is 4.47. The SMILES string of the molecule is CCNC(Cc1ccc(Br)cn1)c1ccc(C)c(Br)c1. The van der Waals surface area contributed by atoms with Gasteiger partial charge in [-0.1, -0.05) is 35.0 Å². The molecule has 0 radical (unpaired) electrons. The summed E-state index contributed by atoms with van der Waals surface area (Å²) in [6.45, 7) is 5.17. The Balaban J connectivity index is 2.21. The second kappa shape index (κ2) is 7.34. The Morgan fingerprint density at radius 1 is 1.20 bits per heavy atom. The highest BCUT2D eigenvalue weighted by Crippen LogP contribution is 2.24. The number of hydrogen-bond donors (Lipinski definition) is 1. The molecule has 0 saturated carbocycles. The van der Waals surface area contributed by atoms with Crippen LogP contribution in [-0.2, 0) is 6.42 Å². The lowest BCUT2D eigenvalue weighted by atomic mass is 10.0. The number of pyridine rings is 1. The Morgan fingerprint density at radius 2 is 2.00 bits per heavy atom. The van der Waals surface area contributed by atoms with E-state index in [2.05, 4.69) is 80.3 Å². The van der Waals surface area contributed by atoms with E-state index in [0.29, 0.717) is 0 Å². The van der Waals surface area contributed by atoms with Gasteiger partial charge in [0.1, 0.15) is 0 Å². The van der Waals surface area contributed by atoms with E-state index in [1.54, 1.807) is 0 Å². The highest BCUT2D eigenvalue weighted by atomic mass is 79.9. The molecule has 1 atom stereocenters. The zero-order valence-electron chi connectivity index (χ0n) is 11.7. The zero-order valence-corrected chi connectivity index (χ0v) is 14.8. The number of nitrogens with zero attached hydrogens (tertiary/aromatic N) is 1. The summed E-state index contributed by atoms with van der Waals surface area (Å²) >= 11 is 7.03. The summed E-state index contributed by atoms with van der Waals surface area (Å²) in [5.41, 5.74) is 3.63. The van der Waals surface area contributed by atoms with Gasteiger partial charge in [-0.05, 0) is 58.7 Å². The second-order valence-corrected chi connectivity index (χ2v) is 6.56. The van der Waals surface area contributed by atoms with E-state index in [-0.39, 0.29) is 6.04 Å². The molecule has 0 aliphatic carbocycles. The molecule has 1 heterocycles. The predicted molar refractivity (Wildman–Crippen MR) is 90.9 cm³/mol. The first-order valence-electron chi connectivity index (χ1n) is 6.70. The Hall–Kier alpha value is -0.710. The number of benzene rings is 1. The van der Waals surface area contributed by atoms with E-state index in [0.717, 1.165) is 27.6 Å². The lowest BCUT2D eigenvalue weighted by Gasteiger charge is -2.19. The predicted octanol–water partition coefficient (Wildman–Crippen LogP) is 4.81. The quantitative estimate of drug-likeness (QED) is 0.782. The van der Waals surface area contributed by atoms with Gasteiger partial charge in [-0.15, -0.1) is 0 Å². The van der Waals surface area contributed by atoms with Crippen LogP contribution in [0.15, 0.2) is 45.5 Å². The van der Waals surface area contributed by atoms with Crippen molar-refractivity contribution in [3.63, 3.8) is 0 Å². The molecule has 0 amide bonds. The molecule has 0 aliphatic rings. The van der Waals surface area contributed by atoms with E-state index in [1.807, 2.05) is 12.3 Å². The summed E-state index contributed by atoms with van der Waals surface area (Å²) in [6, 6.07) is 10.9. The van der Waals surface area contributed by atoms with Gasteiger partial charge in [-0.25, -0.2) is 0 Å². The van der Waals surface area contributed by atoms with Gasteiger partial charge in [0.15, 0.2) is 0 Å². The molecule has 0 spiro atoms. The average Bonchev–Trinajstić information content (AvgIpc) is 2.44. The highest BCUT2D eigenvalue weighted by Gasteiger charge is 2.13. The number of halogens is 2. The van der Waals surface area contributed by atoms with Gasteiger partial charge in [0.25, 0.3) is 0 Å². The van der Waals surface area contributed by atoms with E-state index < -0.39 is 0 Å². The summed E-state index contributed by atoms with van der Waals surface area (Å²) in [5.74, 6) is 0. The van der Waals surface area contributed by atoms with Gasteiger partial charge in [-0.3, -0.25) is 4.98 Å². The first kappa shape index (κ1) is 15.7. The Labute approximate surface area is 137 Å². The minimum atomic E-state index is 0.283. The van der Waals surface area contributed by atoms with Crippen molar-refractivity contribution in [2.75, 3.05) is 6.54 Å². The van der Waals surface area contributed by atoms with Crippen molar-refractivity contribution in [2.45, 2.75) is 26.3 Å². The van der Waals surface area contributed by atoms with Crippen molar-refractivity contribution in [3.8, 4) is 0 Å². The molecule has 4 heteroatoms. The van der Waals surface area contributed by atoms with Crippen molar-refractivity contribution < 1.29 is 0 Å². The summed E-state index contributed by atoms with van der Waals surface area (Å²) in [6.07, 6.45) is 2.74. The number of rotatable bonds is 5. The Bertz CT molecular complexity index is 567. The van der Waals surface area contributed by atoms with Crippen LogP contribution >= 0.6 is 31.9 Å². The van der Waals surface area contributed by atoms with E-state index in [9.17, 15) is 0 Å². The molecule has 106 valence electrons. The van der Waals surface area contributed by atoms with Crippen molar-refractivity contribution in [1.29, 1.82) is 0 Å². The van der Waals surface area contributed by atoms with E-state index >= 15 is 0 Å². The minimum absolute atomic E-state index is 0.283. The van der Waals surface area contributed by atoms with Gasteiger partial charge in [0, 0.05) is 33.3 Å². The number of aryl methyl sites for hydroxylation is 1. The fourth-order valence-corrected chi connectivity index (χ4v) is 2.75. The molecule has 0 fully saturated rings. The van der Waals surface area contributed by atoms with Gasteiger partial charge >= 0.3 is 0 Å². The number of likely N-dealkylation sites (N-methyl/N-ethyl adjacent to an activating group) is 1. The summed E-state index contributed by atoms with van der Waals surface area (Å²) < 4.78 is 2.17. The molecule has 1 aromatic heterocycles. The number of hydrogen-bond acceptors (Lipinski definition) is 2. The second-order valence-electron chi connectivity index (χ2n) is 4.79. The van der Waals surface area contributed by atoms with Crippen LogP contribution in [0.1, 0.15) is 29.8 Å². The monoisotopic (exact) mass is 396 g/mol. The van der Waals surface area contributed by atoms with E-state index in [4.69, 9.17) is 0 Å². The van der Waals surface area contributed by atoms with Crippen LogP contribution in [0.2, 0.25) is 0 Å². The molecular weight excluding hydrogens is 380 g/mol. The summed E-state index contributed by atoms with van der Waals surface area (Å²) in [5, 5.41) is 3.54. The fourth-order valence-electron chi connectivity index (χ4n) is 2.12. The first-order chi connectivity index (χ1) is 9.60. The lowest BCUT2D eigenvalue weighted by molar-refractivity contribution is 0.543. The molecule has 0 aliphatic heterocycles. The molecule has 2 nitrogen and oxygen atoms in total. The number of nitrogens with one attached hydrogen (secondary N) is 1. The van der Waals surface area contributed by atoms with Crippen LogP contribution in [-0.4, -0.2) is 11.5 Å².